The van der Waals surface area contributed by atoms with E-state index in [1.54, 1.807) is 13.0 Å². The summed E-state index contributed by atoms with van der Waals surface area (Å²) in [6.45, 7) is 1.78. The highest BCUT2D eigenvalue weighted by Gasteiger charge is 2.07. The molecular formula is C17H14O2. The van der Waals surface area contributed by atoms with Gasteiger partial charge in [-0.25, -0.2) is 0 Å². The van der Waals surface area contributed by atoms with Crippen molar-refractivity contribution in [1.29, 1.82) is 0 Å². The molecule has 0 bridgehead atoms. The molecule has 0 heterocycles. The van der Waals surface area contributed by atoms with E-state index in [1.165, 1.54) is 5.39 Å². The van der Waals surface area contributed by atoms with Gasteiger partial charge in [-0.05, 0) is 52.6 Å². The second-order valence-corrected chi connectivity index (χ2v) is 4.72. The van der Waals surface area contributed by atoms with Crippen LogP contribution in [0.4, 0.5) is 0 Å². The molecule has 19 heavy (non-hydrogen) atoms. The van der Waals surface area contributed by atoms with Crippen LogP contribution in [-0.4, -0.2) is 10.2 Å². The Morgan fingerprint density at radius 2 is 1.47 bits per heavy atom. The summed E-state index contributed by atoms with van der Waals surface area (Å²) in [4.78, 5) is 0. The lowest BCUT2D eigenvalue weighted by Gasteiger charge is -2.08. The second kappa shape index (κ2) is 4.32. The molecule has 0 unspecified atom stereocenters. The Kier molecular flexibility index (Phi) is 2.64. The van der Waals surface area contributed by atoms with Crippen molar-refractivity contribution in [3.63, 3.8) is 0 Å². The quantitative estimate of drug-likeness (QED) is 0.634. The summed E-state index contributed by atoms with van der Waals surface area (Å²) in [6, 6.07) is 17.8. The first-order valence-corrected chi connectivity index (χ1v) is 6.17. The van der Waals surface area contributed by atoms with Gasteiger partial charge >= 0.3 is 0 Å². The maximum absolute atomic E-state index is 9.71. The fraction of sp³-hybridized carbons (Fsp3) is 0.0588. The number of rotatable bonds is 1. The average molecular weight is 250 g/mol. The molecule has 0 radical (unpaired) electrons. The molecule has 94 valence electrons. The topological polar surface area (TPSA) is 40.5 Å². The number of fused-ring (bicyclic) bond motifs is 1. The highest BCUT2D eigenvalue weighted by Crippen LogP contribution is 2.34. The first kappa shape index (κ1) is 11.6. The predicted molar refractivity (Wildman–Crippen MR) is 77.5 cm³/mol. The van der Waals surface area contributed by atoms with Gasteiger partial charge in [-0.3, -0.25) is 0 Å². The molecule has 2 heteroatoms. The first-order chi connectivity index (χ1) is 9.15. The van der Waals surface area contributed by atoms with E-state index in [4.69, 9.17) is 0 Å². The zero-order valence-corrected chi connectivity index (χ0v) is 10.6. The molecule has 3 aromatic carbocycles. The molecule has 2 nitrogen and oxygen atoms in total. The monoisotopic (exact) mass is 250 g/mol. The Hall–Kier alpha value is -2.48. The van der Waals surface area contributed by atoms with Crippen molar-refractivity contribution in [2.24, 2.45) is 0 Å². The van der Waals surface area contributed by atoms with Crippen LogP contribution < -0.4 is 0 Å². The molecule has 0 fully saturated rings. The number of hydrogen-bond donors (Lipinski definition) is 2. The minimum atomic E-state index is -0.0804. The third-order valence-electron chi connectivity index (χ3n) is 3.36. The van der Waals surface area contributed by atoms with Crippen molar-refractivity contribution in [2.45, 2.75) is 6.92 Å². The van der Waals surface area contributed by atoms with Crippen molar-refractivity contribution in [2.75, 3.05) is 0 Å². The zero-order chi connectivity index (χ0) is 13.4. The van der Waals surface area contributed by atoms with Gasteiger partial charge in [0.05, 0.1) is 0 Å². The molecule has 0 atom stereocenters. The fourth-order valence-electron chi connectivity index (χ4n) is 2.30. The summed E-state index contributed by atoms with van der Waals surface area (Å²) in [7, 11) is 0. The predicted octanol–water partition coefficient (Wildman–Crippen LogP) is 4.23. The van der Waals surface area contributed by atoms with E-state index in [0.29, 0.717) is 5.56 Å². The van der Waals surface area contributed by atoms with E-state index < -0.39 is 0 Å². The molecular weight excluding hydrogens is 236 g/mol. The van der Waals surface area contributed by atoms with Gasteiger partial charge in [0, 0.05) is 0 Å². The van der Waals surface area contributed by atoms with Gasteiger partial charge in [0.25, 0.3) is 0 Å². The summed E-state index contributed by atoms with van der Waals surface area (Å²) < 4.78 is 0. The third-order valence-corrected chi connectivity index (χ3v) is 3.36. The molecule has 0 aromatic heterocycles. The number of benzene rings is 3. The first-order valence-electron chi connectivity index (χ1n) is 6.17. The third kappa shape index (κ3) is 2.02. The lowest BCUT2D eigenvalue weighted by Crippen LogP contribution is -1.82. The highest BCUT2D eigenvalue weighted by atomic mass is 16.3. The Labute approximate surface area is 111 Å². The average Bonchev–Trinajstić information content (AvgIpc) is 2.43. The molecule has 0 saturated carbocycles. The number of aromatic hydroxyl groups is 2. The van der Waals surface area contributed by atoms with Crippen LogP contribution in [0, 0.1) is 6.92 Å². The minimum Gasteiger partial charge on any atom is -0.504 e. The Balaban J connectivity index is 2.19. The Morgan fingerprint density at radius 1 is 0.737 bits per heavy atom. The van der Waals surface area contributed by atoms with Crippen molar-refractivity contribution in [1.82, 2.24) is 0 Å². The molecule has 0 saturated heterocycles. The van der Waals surface area contributed by atoms with Crippen molar-refractivity contribution < 1.29 is 10.2 Å². The van der Waals surface area contributed by atoms with Gasteiger partial charge in [0.15, 0.2) is 11.5 Å². The Morgan fingerprint density at radius 3 is 2.21 bits per heavy atom. The molecule has 0 aliphatic carbocycles. The van der Waals surface area contributed by atoms with Crippen LogP contribution in [0.2, 0.25) is 0 Å². The van der Waals surface area contributed by atoms with Crippen LogP contribution in [0.3, 0.4) is 0 Å². The number of aryl methyl sites for hydroxylation is 1. The molecule has 3 aromatic rings. The van der Waals surface area contributed by atoms with E-state index >= 15 is 0 Å². The van der Waals surface area contributed by atoms with E-state index in [2.05, 4.69) is 24.3 Å². The lowest BCUT2D eigenvalue weighted by atomic mass is 9.99. The number of phenolic OH excluding ortho intramolecular Hbond substituents is 2. The fourth-order valence-corrected chi connectivity index (χ4v) is 2.30. The molecule has 2 N–H and O–H groups in total. The maximum Gasteiger partial charge on any atom is 0.160 e. The summed E-state index contributed by atoms with van der Waals surface area (Å²) in [6.07, 6.45) is 0. The van der Waals surface area contributed by atoms with Crippen LogP contribution in [0.5, 0.6) is 11.5 Å². The zero-order valence-electron chi connectivity index (χ0n) is 10.6. The minimum absolute atomic E-state index is 0.0514. The standard InChI is InChI=1S/C17H14O2/c1-11-8-15(10-16(18)17(11)19)14-7-6-12-4-2-3-5-13(12)9-14/h2-10,18-19H,1H3. The van der Waals surface area contributed by atoms with Gasteiger partial charge in [-0.1, -0.05) is 36.4 Å². The van der Waals surface area contributed by atoms with E-state index in [0.717, 1.165) is 16.5 Å². The van der Waals surface area contributed by atoms with E-state index in [9.17, 15) is 10.2 Å². The van der Waals surface area contributed by atoms with Crippen molar-refractivity contribution in [3.8, 4) is 22.6 Å². The van der Waals surface area contributed by atoms with Crippen molar-refractivity contribution >= 4 is 10.8 Å². The molecule has 0 spiro atoms. The molecule has 0 aliphatic heterocycles. The molecule has 0 amide bonds. The van der Waals surface area contributed by atoms with Gasteiger partial charge < -0.3 is 10.2 Å². The molecule has 3 rings (SSSR count). The highest BCUT2D eigenvalue weighted by molar-refractivity contribution is 5.87. The summed E-state index contributed by atoms with van der Waals surface area (Å²) >= 11 is 0. The SMILES string of the molecule is Cc1cc(-c2ccc3ccccc3c2)cc(O)c1O. The summed E-state index contributed by atoms with van der Waals surface area (Å²) in [5.41, 5.74) is 2.60. The van der Waals surface area contributed by atoms with E-state index in [-0.39, 0.29) is 11.5 Å². The van der Waals surface area contributed by atoms with Crippen LogP contribution in [0.15, 0.2) is 54.6 Å². The molecule has 0 aliphatic rings. The van der Waals surface area contributed by atoms with Crippen LogP contribution in [0.1, 0.15) is 5.56 Å². The van der Waals surface area contributed by atoms with Gasteiger partial charge in [-0.15, -0.1) is 0 Å². The van der Waals surface area contributed by atoms with Gasteiger partial charge in [-0.2, -0.15) is 0 Å². The normalized spacial score (nSPS) is 10.8. The number of phenols is 2. The van der Waals surface area contributed by atoms with E-state index in [1.807, 2.05) is 24.3 Å². The van der Waals surface area contributed by atoms with Crippen LogP contribution in [0.25, 0.3) is 21.9 Å². The van der Waals surface area contributed by atoms with Gasteiger partial charge in [0.1, 0.15) is 0 Å². The van der Waals surface area contributed by atoms with Gasteiger partial charge in [0.2, 0.25) is 0 Å². The van der Waals surface area contributed by atoms with Crippen LogP contribution >= 0.6 is 0 Å². The lowest BCUT2D eigenvalue weighted by molar-refractivity contribution is 0.401. The van der Waals surface area contributed by atoms with Crippen molar-refractivity contribution in [3.05, 3.63) is 60.2 Å². The smallest absolute Gasteiger partial charge is 0.160 e. The largest absolute Gasteiger partial charge is 0.504 e. The summed E-state index contributed by atoms with van der Waals surface area (Å²) in [5, 5.41) is 21.6. The Bertz CT molecular complexity index is 737. The number of hydrogen-bond acceptors (Lipinski definition) is 2. The maximum atomic E-state index is 9.71. The second-order valence-electron chi connectivity index (χ2n) is 4.72. The van der Waals surface area contributed by atoms with Crippen LogP contribution in [-0.2, 0) is 0 Å². The summed E-state index contributed by atoms with van der Waals surface area (Å²) in [5.74, 6) is -0.132.